The third kappa shape index (κ3) is 6.05. The molecule has 8 heteroatoms. The molecule has 0 saturated heterocycles. The average molecular weight is 378 g/mol. The molecule has 0 heterocycles. The summed E-state index contributed by atoms with van der Waals surface area (Å²) < 4.78 is 31.0. The van der Waals surface area contributed by atoms with Crippen LogP contribution in [0.3, 0.4) is 0 Å². The quantitative estimate of drug-likeness (QED) is 0.682. The highest BCUT2D eigenvalue weighted by molar-refractivity contribution is 7.92. The zero-order valence-electron chi connectivity index (χ0n) is 14.5. The second-order valence-electron chi connectivity index (χ2n) is 5.61. The van der Waals surface area contributed by atoms with Crippen LogP contribution in [-0.2, 0) is 21.4 Å². The molecule has 0 fully saturated rings. The van der Waals surface area contributed by atoms with Crippen molar-refractivity contribution >= 4 is 21.6 Å². The van der Waals surface area contributed by atoms with Gasteiger partial charge in [-0.15, -0.1) is 0 Å². The van der Waals surface area contributed by atoms with E-state index in [2.05, 4.69) is 5.32 Å². The van der Waals surface area contributed by atoms with Crippen molar-refractivity contribution in [3.63, 3.8) is 0 Å². The summed E-state index contributed by atoms with van der Waals surface area (Å²) >= 11 is 0. The zero-order valence-corrected chi connectivity index (χ0v) is 15.3. The van der Waals surface area contributed by atoms with Crippen LogP contribution < -0.4 is 14.4 Å². The Labute approximate surface area is 153 Å². The van der Waals surface area contributed by atoms with Crippen LogP contribution in [-0.4, -0.2) is 45.4 Å². The SMILES string of the molecule is CS(=O)(=O)N(Cc1ccccc1)c1ccc(OCC(=O)NCCO)cc1. The maximum Gasteiger partial charge on any atom is 0.258 e. The van der Waals surface area contributed by atoms with Gasteiger partial charge in [0.1, 0.15) is 5.75 Å². The van der Waals surface area contributed by atoms with E-state index in [0.29, 0.717) is 11.4 Å². The van der Waals surface area contributed by atoms with Crippen molar-refractivity contribution in [3.8, 4) is 5.75 Å². The molecule has 140 valence electrons. The summed E-state index contributed by atoms with van der Waals surface area (Å²) in [4.78, 5) is 11.5. The maximum atomic E-state index is 12.2. The molecule has 0 aliphatic rings. The maximum absolute atomic E-state index is 12.2. The molecular formula is C18H22N2O5S. The summed E-state index contributed by atoms with van der Waals surface area (Å²) in [6, 6.07) is 15.8. The fourth-order valence-electron chi connectivity index (χ4n) is 2.25. The highest BCUT2D eigenvalue weighted by atomic mass is 32.2. The number of rotatable bonds is 9. The van der Waals surface area contributed by atoms with Crippen LogP contribution >= 0.6 is 0 Å². The predicted molar refractivity (Wildman–Crippen MR) is 99.5 cm³/mol. The van der Waals surface area contributed by atoms with E-state index < -0.39 is 10.0 Å². The molecule has 2 aromatic carbocycles. The molecule has 0 radical (unpaired) electrons. The molecule has 2 N–H and O–H groups in total. The fourth-order valence-corrected chi connectivity index (χ4v) is 3.14. The number of hydrogen-bond acceptors (Lipinski definition) is 5. The lowest BCUT2D eigenvalue weighted by Gasteiger charge is -2.22. The van der Waals surface area contributed by atoms with Crippen molar-refractivity contribution < 1.29 is 23.1 Å². The number of sulfonamides is 1. The first-order valence-electron chi connectivity index (χ1n) is 8.02. The Morgan fingerprint density at radius 2 is 1.77 bits per heavy atom. The number of nitrogens with zero attached hydrogens (tertiary/aromatic N) is 1. The molecule has 0 unspecified atom stereocenters. The van der Waals surface area contributed by atoms with E-state index >= 15 is 0 Å². The molecule has 0 saturated carbocycles. The number of carbonyl (C=O) groups excluding carboxylic acids is 1. The molecule has 0 bridgehead atoms. The monoisotopic (exact) mass is 378 g/mol. The molecule has 2 aromatic rings. The van der Waals surface area contributed by atoms with E-state index in [0.717, 1.165) is 11.8 Å². The molecular weight excluding hydrogens is 356 g/mol. The molecule has 0 spiro atoms. The Kier molecular flexibility index (Phi) is 6.99. The van der Waals surface area contributed by atoms with E-state index in [1.54, 1.807) is 24.3 Å². The van der Waals surface area contributed by atoms with Crippen LogP contribution in [0.2, 0.25) is 0 Å². The molecule has 0 aliphatic heterocycles. The minimum atomic E-state index is -3.46. The van der Waals surface area contributed by atoms with Gasteiger partial charge < -0.3 is 15.2 Å². The van der Waals surface area contributed by atoms with Gasteiger partial charge in [0.05, 0.1) is 25.1 Å². The van der Waals surface area contributed by atoms with Crippen LogP contribution in [0.25, 0.3) is 0 Å². The second kappa shape index (κ2) is 9.21. The summed E-state index contributed by atoms with van der Waals surface area (Å²) in [6.45, 7) is 0.0791. The van der Waals surface area contributed by atoms with E-state index in [4.69, 9.17) is 9.84 Å². The van der Waals surface area contributed by atoms with Crippen LogP contribution in [0.15, 0.2) is 54.6 Å². The Morgan fingerprint density at radius 1 is 1.12 bits per heavy atom. The number of hydrogen-bond donors (Lipinski definition) is 2. The Morgan fingerprint density at radius 3 is 2.35 bits per heavy atom. The smallest absolute Gasteiger partial charge is 0.258 e. The minimum absolute atomic E-state index is 0.136. The first-order valence-corrected chi connectivity index (χ1v) is 9.87. The number of aliphatic hydroxyl groups is 1. The summed E-state index contributed by atoms with van der Waals surface area (Å²) in [5.74, 6) is 0.103. The largest absolute Gasteiger partial charge is 0.484 e. The van der Waals surface area contributed by atoms with Gasteiger partial charge in [0.25, 0.3) is 5.91 Å². The molecule has 2 rings (SSSR count). The van der Waals surface area contributed by atoms with Crippen LogP contribution in [0.5, 0.6) is 5.75 Å². The van der Waals surface area contributed by atoms with Gasteiger partial charge in [-0.25, -0.2) is 8.42 Å². The van der Waals surface area contributed by atoms with Gasteiger partial charge in [-0.2, -0.15) is 0 Å². The first-order chi connectivity index (χ1) is 12.4. The van der Waals surface area contributed by atoms with Gasteiger partial charge in [-0.3, -0.25) is 9.10 Å². The van der Waals surface area contributed by atoms with Crippen LogP contribution in [0.1, 0.15) is 5.56 Å². The molecule has 0 aliphatic carbocycles. The van der Waals surface area contributed by atoms with E-state index in [1.807, 2.05) is 30.3 Å². The van der Waals surface area contributed by atoms with Gasteiger partial charge in [0, 0.05) is 6.54 Å². The molecule has 0 atom stereocenters. The van der Waals surface area contributed by atoms with Crippen molar-refractivity contribution in [1.29, 1.82) is 0 Å². The molecule has 7 nitrogen and oxygen atoms in total. The standard InChI is InChI=1S/C18H22N2O5S/c1-26(23,24)20(13-15-5-3-2-4-6-15)16-7-9-17(10-8-16)25-14-18(22)19-11-12-21/h2-10,21H,11-14H2,1H3,(H,19,22). The third-order valence-electron chi connectivity index (χ3n) is 3.50. The summed E-state index contributed by atoms with van der Waals surface area (Å²) in [7, 11) is -3.46. The van der Waals surface area contributed by atoms with Gasteiger partial charge in [-0.05, 0) is 29.8 Å². The van der Waals surface area contributed by atoms with Crippen molar-refractivity contribution in [2.75, 3.05) is 30.3 Å². The van der Waals surface area contributed by atoms with Crippen molar-refractivity contribution in [2.24, 2.45) is 0 Å². The Balaban J connectivity index is 2.06. The van der Waals surface area contributed by atoms with Crippen LogP contribution in [0.4, 0.5) is 5.69 Å². The van der Waals surface area contributed by atoms with Gasteiger partial charge >= 0.3 is 0 Å². The number of ether oxygens (including phenoxy) is 1. The summed E-state index contributed by atoms with van der Waals surface area (Å²) in [5, 5.41) is 11.1. The number of benzene rings is 2. The lowest BCUT2D eigenvalue weighted by atomic mass is 10.2. The number of amides is 1. The number of anilines is 1. The van der Waals surface area contributed by atoms with Gasteiger partial charge in [-0.1, -0.05) is 30.3 Å². The van der Waals surface area contributed by atoms with E-state index in [1.165, 1.54) is 4.31 Å². The normalized spacial score (nSPS) is 11.0. The molecule has 26 heavy (non-hydrogen) atoms. The number of carbonyl (C=O) groups is 1. The third-order valence-corrected chi connectivity index (χ3v) is 4.64. The molecule has 0 aromatic heterocycles. The second-order valence-corrected chi connectivity index (χ2v) is 7.52. The van der Waals surface area contributed by atoms with Gasteiger partial charge in [0.15, 0.2) is 6.61 Å². The number of aliphatic hydroxyl groups excluding tert-OH is 1. The van der Waals surface area contributed by atoms with Crippen molar-refractivity contribution in [2.45, 2.75) is 6.54 Å². The summed E-state index contributed by atoms with van der Waals surface area (Å²) in [5.41, 5.74) is 1.38. The zero-order chi connectivity index (χ0) is 19.0. The lowest BCUT2D eigenvalue weighted by Crippen LogP contribution is -2.31. The van der Waals surface area contributed by atoms with Crippen molar-refractivity contribution in [3.05, 3.63) is 60.2 Å². The predicted octanol–water partition coefficient (Wildman–Crippen LogP) is 1.14. The topological polar surface area (TPSA) is 95.9 Å². The highest BCUT2D eigenvalue weighted by Crippen LogP contribution is 2.23. The highest BCUT2D eigenvalue weighted by Gasteiger charge is 2.18. The van der Waals surface area contributed by atoms with E-state index in [9.17, 15) is 13.2 Å². The Hall–Kier alpha value is -2.58. The summed E-state index contributed by atoms with van der Waals surface area (Å²) in [6.07, 6.45) is 1.16. The van der Waals surface area contributed by atoms with Crippen molar-refractivity contribution in [1.82, 2.24) is 5.32 Å². The fraction of sp³-hybridized carbons (Fsp3) is 0.278. The van der Waals surface area contributed by atoms with E-state index in [-0.39, 0.29) is 32.2 Å². The molecule has 1 amide bonds. The Bertz CT molecular complexity index is 807. The first kappa shape index (κ1) is 19.7. The average Bonchev–Trinajstić information content (AvgIpc) is 2.63. The lowest BCUT2D eigenvalue weighted by molar-refractivity contribution is -0.123. The minimum Gasteiger partial charge on any atom is -0.484 e. The number of nitrogens with one attached hydrogen (secondary N) is 1. The van der Waals surface area contributed by atoms with Gasteiger partial charge in [0.2, 0.25) is 10.0 Å². The van der Waals surface area contributed by atoms with Crippen LogP contribution in [0, 0.1) is 0 Å².